The Kier molecular flexibility index (Phi) is 7.35. The summed E-state index contributed by atoms with van der Waals surface area (Å²) in [4.78, 5) is 12.9. The Hall–Kier alpha value is -4.22. The van der Waals surface area contributed by atoms with Crippen molar-refractivity contribution in [2.45, 2.75) is 25.6 Å². The fraction of sp³-hybridized carbons (Fsp3) is 0.286. The Morgan fingerprint density at radius 3 is 2.25 bits per heavy atom. The topological polar surface area (TPSA) is 70.4 Å². The van der Waals surface area contributed by atoms with Crippen LogP contribution in [0.2, 0.25) is 0 Å². The van der Waals surface area contributed by atoms with E-state index in [-0.39, 0.29) is 22.5 Å². The van der Waals surface area contributed by atoms with Gasteiger partial charge in [0.1, 0.15) is 23.0 Å². The smallest absolute Gasteiger partial charge is 0.418 e. The molecule has 0 atom stereocenters. The molecular formula is C28H24F6N4O2. The Labute approximate surface area is 224 Å². The van der Waals surface area contributed by atoms with Gasteiger partial charge in [-0.1, -0.05) is 24.3 Å². The van der Waals surface area contributed by atoms with Crippen LogP contribution in [0.15, 0.2) is 54.6 Å². The number of amides is 1. The average Bonchev–Trinajstić information content (AvgIpc) is 3.27. The van der Waals surface area contributed by atoms with Crippen molar-refractivity contribution in [3.63, 3.8) is 0 Å². The van der Waals surface area contributed by atoms with Crippen LogP contribution < -0.4 is 10.2 Å². The van der Waals surface area contributed by atoms with Crippen molar-refractivity contribution < 1.29 is 36.2 Å². The van der Waals surface area contributed by atoms with Crippen LogP contribution in [0.5, 0.6) is 0 Å². The van der Waals surface area contributed by atoms with Crippen molar-refractivity contribution in [3.8, 4) is 11.3 Å². The summed E-state index contributed by atoms with van der Waals surface area (Å²) in [6.45, 7) is 1.22. The maximum atomic E-state index is 14.5. The SMILES string of the molecule is O=C(O)NCC1CCN(c2ccc(-c3c4cccc(C(F)(F)F)c4nn3Cc3c(F)cc(F)cc3F)cc2)CC1. The number of piperidine rings is 1. The van der Waals surface area contributed by atoms with Crippen molar-refractivity contribution in [2.24, 2.45) is 5.92 Å². The van der Waals surface area contributed by atoms with Gasteiger partial charge in [-0.15, -0.1) is 0 Å². The lowest BCUT2D eigenvalue weighted by Crippen LogP contribution is -2.38. The number of rotatable bonds is 6. The molecule has 6 nitrogen and oxygen atoms in total. The third-order valence-electron chi connectivity index (χ3n) is 7.15. The molecule has 1 amide bonds. The highest BCUT2D eigenvalue weighted by Gasteiger charge is 2.35. The minimum Gasteiger partial charge on any atom is -0.465 e. The van der Waals surface area contributed by atoms with E-state index in [1.54, 1.807) is 24.3 Å². The standard InChI is InChI=1S/C28H24F6N4O2/c29-18-12-23(30)21(24(31)13-18)15-38-26(20-2-1-3-22(25(20)36-38)28(32,33)34)17-4-6-19(7-5-17)37-10-8-16(9-11-37)14-35-27(39)40/h1-7,12-13,16,35H,8-11,14-15H2,(H,39,40). The van der Waals surface area contributed by atoms with E-state index in [0.29, 0.717) is 37.3 Å². The summed E-state index contributed by atoms with van der Waals surface area (Å²) in [6.07, 6.45) is -4.20. The molecule has 2 N–H and O–H groups in total. The molecule has 1 aliphatic heterocycles. The zero-order valence-electron chi connectivity index (χ0n) is 21.0. The third-order valence-corrected chi connectivity index (χ3v) is 7.15. The van der Waals surface area contributed by atoms with E-state index in [2.05, 4.69) is 15.3 Å². The molecule has 1 aliphatic rings. The molecule has 2 heterocycles. The third kappa shape index (κ3) is 5.56. The Bertz CT molecular complexity index is 1520. The molecule has 5 rings (SSSR count). The van der Waals surface area contributed by atoms with Gasteiger partial charge in [-0.2, -0.15) is 18.3 Å². The second-order valence-corrected chi connectivity index (χ2v) is 9.72. The first kappa shape index (κ1) is 27.4. The number of hydrogen-bond acceptors (Lipinski definition) is 3. The first-order chi connectivity index (χ1) is 19.0. The van der Waals surface area contributed by atoms with E-state index >= 15 is 0 Å². The van der Waals surface area contributed by atoms with Gasteiger partial charge in [-0.3, -0.25) is 4.68 Å². The van der Waals surface area contributed by atoms with Gasteiger partial charge in [0.2, 0.25) is 0 Å². The van der Waals surface area contributed by atoms with Crippen LogP contribution in [-0.2, 0) is 12.7 Å². The molecule has 0 aliphatic carbocycles. The van der Waals surface area contributed by atoms with E-state index in [4.69, 9.17) is 5.11 Å². The molecule has 0 unspecified atom stereocenters. The highest BCUT2D eigenvalue weighted by atomic mass is 19.4. The van der Waals surface area contributed by atoms with Gasteiger partial charge < -0.3 is 15.3 Å². The first-order valence-electron chi connectivity index (χ1n) is 12.5. The number of nitrogens with zero attached hydrogens (tertiary/aromatic N) is 3. The van der Waals surface area contributed by atoms with Crippen molar-refractivity contribution in [2.75, 3.05) is 24.5 Å². The normalized spacial score (nSPS) is 14.6. The number of anilines is 1. The monoisotopic (exact) mass is 562 g/mol. The van der Waals surface area contributed by atoms with Crippen molar-refractivity contribution >= 4 is 22.7 Å². The molecule has 40 heavy (non-hydrogen) atoms. The first-order valence-corrected chi connectivity index (χ1v) is 12.5. The van der Waals surface area contributed by atoms with Gasteiger partial charge in [0.05, 0.1) is 17.8 Å². The molecule has 1 aromatic heterocycles. The Balaban J connectivity index is 1.50. The number of nitrogens with one attached hydrogen (secondary N) is 1. The van der Waals surface area contributed by atoms with Gasteiger partial charge in [0.15, 0.2) is 0 Å². The molecule has 1 fully saturated rings. The fourth-order valence-corrected chi connectivity index (χ4v) is 5.13. The summed E-state index contributed by atoms with van der Waals surface area (Å²) in [7, 11) is 0. The summed E-state index contributed by atoms with van der Waals surface area (Å²) in [5.74, 6) is -3.23. The van der Waals surface area contributed by atoms with Crippen LogP contribution in [0.25, 0.3) is 22.2 Å². The number of hydrogen-bond donors (Lipinski definition) is 2. The minimum absolute atomic E-state index is 0.150. The zero-order chi connectivity index (χ0) is 28.6. The van der Waals surface area contributed by atoms with Crippen LogP contribution in [0, 0.1) is 23.4 Å². The number of aromatic nitrogens is 2. The van der Waals surface area contributed by atoms with Crippen LogP contribution in [0.1, 0.15) is 24.0 Å². The van der Waals surface area contributed by atoms with E-state index in [1.165, 1.54) is 12.1 Å². The number of carbonyl (C=O) groups is 1. The molecule has 0 bridgehead atoms. The molecule has 12 heteroatoms. The van der Waals surface area contributed by atoms with Crippen LogP contribution >= 0.6 is 0 Å². The molecule has 1 saturated heterocycles. The van der Waals surface area contributed by atoms with Crippen LogP contribution in [0.4, 0.5) is 36.8 Å². The van der Waals surface area contributed by atoms with Crippen molar-refractivity contribution in [1.29, 1.82) is 0 Å². The highest BCUT2D eigenvalue weighted by Crippen LogP contribution is 2.39. The lowest BCUT2D eigenvalue weighted by molar-refractivity contribution is -0.136. The molecule has 4 aromatic rings. The maximum Gasteiger partial charge on any atom is 0.418 e. The largest absolute Gasteiger partial charge is 0.465 e. The van der Waals surface area contributed by atoms with Gasteiger partial charge in [-0.05, 0) is 37.0 Å². The summed E-state index contributed by atoms with van der Waals surface area (Å²) >= 11 is 0. The van der Waals surface area contributed by atoms with Gasteiger partial charge in [0, 0.05) is 54.0 Å². The molecule has 0 spiro atoms. The number of carboxylic acid groups (broad SMARTS) is 1. The molecule has 0 saturated carbocycles. The van der Waals surface area contributed by atoms with E-state index in [1.807, 2.05) is 0 Å². The molecule has 0 radical (unpaired) electrons. The number of halogens is 6. The number of alkyl halides is 3. The van der Waals surface area contributed by atoms with E-state index in [9.17, 15) is 31.1 Å². The van der Waals surface area contributed by atoms with Crippen molar-refractivity contribution in [3.05, 3.63) is 83.2 Å². The quantitative estimate of drug-likeness (QED) is 0.258. The highest BCUT2D eigenvalue weighted by molar-refractivity contribution is 5.95. The minimum atomic E-state index is -4.71. The predicted octanol–water partition coefficient (Wildman–Crippen LogP) is 6.67. The van der Waals surface area contributed by atoms with Crippen LogP contribution in [0.3, 0.4) is 0 Å². The number of benzene rings is 3. The summed E-state index contributed by atoms with van der Waals surface area (Å²) in [5.41, 5.74) is -0.296. The molecule has 3 aromatic carbocycles. The Morgan fingerprint density at radius 2 is 1.65 bits per heavy atom. The Morgan fingerprint density at radius 1 is 1.00 bits per heavy atom. The second kappa shape index (κ2) is 10.7. The summed E-state index contributed by atoms with van der Waals surface area (Å²) in [5, 5.41) is 15.5. The van der Waals surface area contributed by atoms with Crippen LogP contribution in [-0.4, -0.2) is 40.6 Å². The molecular weight excluding hydrogens is 538 g/mol. The fourth-order valence-electron chi connectivity index (χ4n) is 5.13. The lowest BCUT2D eigenvalue weighted by atomic mass is 9.96. The van der Waals surface area contributed by atoms with Gasteiger partial charge in [-0.25, -0.2) is 18.0 Å². The zero-order valence-corrected chi connectivity index (χ0v) is 21.0. The number of fused-ring (bicyclic) bond motifs is 1. The van der Waals surface area contributed by atoms with Gasteiger partial charge in [0.25, 0.3) is 0 Å². The van der Waals surface area contributed by atoms with E-state index in [0.717, 1.165) is 29.3 Å². The van der Waals surface area contributed by atoms with E-state index < -0.39 is 47.4 Å². The average molecular weight is 563 g/mol. The summed E-state index contributed by atoms with van der Waals surface area (Å²) < 4.78 is 84.9. The maximum absolute atomic E-state index is 14.5. The van der Waals surface area contributed by atoms with Crippen molar-refractivity contribution in [1.82, 2.24) is 15.1 Å². The second-order valence-electron chi connectivity index (χ2n) is 9.72. The summed E-state index contributed by atoms with van der Waals surface area (Å²) in [6, 6.07) is 11.7. The predicted molar refractivity (Wildman–Crippen MR) is 137 cm³/mol. The lowest BCUT2D eigenvalue weighted by Gasteiger charge is -2.33. The van der Waals surface area contributed by atoms with Gasteiger partial charge >= 0.3 is 12.3 Å². The molecule has 210 valence electrons.